The average molecular weight is 487 g/mol. The Balaban J connectivity index is 0. The van der Waals surface area contributed by atoms with Gasteiger partial charge in [-0.05, 0) is 43.5 Å². The molecule has 1 amide bonds. The zero-order valence-electron chi connectivity index (χ0n) is 22.4. The summed E-state index contributed by atoms with van der Waals surface area (Å²) in [7, 11) is 0. The Labute approximate surface area is 212 Å². The zero-order chi connectivity index (χ0) is 26.9. The number of carboxylic acid groups (broad SMARTS) is 1. The molecule has 0 unspecified atom stereocenters. The largest absolute Gasteiger partial charge is 0.481 e. The van der Waals surface area contributed by atoms with Crippen LogP contribution >= 0.6 is 0 Å². The molecule has 2 aromatic rings. The third-order valence-electron chi connectivity index (χ3n) is 4.62. The van der Waals surface area contributed by atoms with Gasteiger partial charge in [-0.1, -0.05) is 78.7 Å². The summed E-state index contributed by atoms with van der Waals surface area (Å²) in [6.45, 7) is 12.0. The summed E-state index contributed by atoms with van der Waals surface area (Å²) in [4.78, 5) is 24.5. The molecule has 1 aromatic carbocycles. The zero-order valence-corrected chi connectivity index (χ0v) is 22.4. The minimum absolute atomic E-state index is 0.0667. The van der Waals surface area contributed by atoms with Crippen LogP contribution in [0.4, 0.5) is 5.69 Å². The number of allylic oxidation sites excluding steroid dienone is 1. The molecule has 1 saturated carbocycles. The number of aliphatic carboxylic acids is 1. The third kappa shape index (κ3) is 15.4. The smallest absolute Gasteiger partial charge is 0.303 e. The fraction of sp³-hybridized carbons (Fsp3) is 0.464. The highest BCUT2D eigenvalue weighted by Crippen LogP contribution is 2.23. The van der Waals surface area contributed by atoms with Crippen molar-refractivity contribution in [3.8, 4) is 0 Å². The molecule has 0 bridgehead atoms. The number of nitrogens with one attached hydrogen (secondary N) is 1. The van der Waals surface area contributed by atoms with Crippen molar-refractivity contribution in [3.05, 3.63) is 66.5 Å². The van der Waals surface area contributed by atoms with Crippen LogP contribution in [0.1, 0.15) is 85.6 Å². The Morgan fingerprint density at radius 1 is 1.03 bits per heavy atom. The number of pyridine rings is 1. The van der Waals surface area contributed by atoms with Crippen molar-refractivity contribution >= 4 is 23.8 Å². The van der Waals surface area contributed by atoms with Crippen LogP contribution in [0.15, 0.2) is 60.9 Å². The number of benzene rings is 1. The van der Waals surface area contributed by atoms with E-state index in [-0.39, 0.29) is 6.42 Å². The van der Waals surface area contributed by atoms with E-state index in [1.54, 1.807) is 17.4 Å². The van der Waals surface area contributed by atoms with Gasteiger partial charge in [0.15, 0.2) is 0 Å². The minimum atomic E-state index is -0.830. The second-order valence-electron chi connectivity index (χ2n) is 6.73. The number of rotatable bonds is 8. The summed E-state index contributed by atoms with van der Waals surface area (Å²) in [5.41, 5.74) is 2.47. The number of hydrogen-bond donors (Lipinski definition) is 3. The van der Waals surface area contributed by atoms with Gasteiger partial charge < -0.3 is 10.4 Å². The van der Waals surface area contributed by atoms with Gasteiger partial charge in [0.25, 0.3) is 0 Å². The van der Waals surface area contributed by atoms with Crippen molar-refractivity contribution in [1.29, 1.82) is 0 Å². The molecule has 35 heavy (non-hydrogen) atoms. The van der Waals surface area contributed by atoms with Crippen LogP contribution in [0, 0.1) is 0 Å². The first kappa shape index (κ1) is 34.0. The lowest BCUT2D eigenvalue weighted by molar-refractivity contribution is -0.136. The molecular formula is C28H46N4O3. The van der Waals surface area contributed by atoms with Crippen LogP contribution in [0.3, 0.4) is 0 Å². The van der Waals surface area contributed by atoms with Crippen LogP contribution < -0.4 is 16.2 Å². The third-order valence-corrected chi connectivity index (χ3v) is 4.62. The number of nitrogens with two attached hydrogens (primary N) is 1. The van der Waals surface area contributed by atoms with Crippen LogP contribution in [0.25, 0.3) is 5.70 Å². The molecule has 1 aromatic heterocycles. The van der Waals surface area contributed by atoms with E-state index < -0.39 is 5.97 Å². The molecule has 7 heteroatoms. The summed E-state index contributed by atoms with van der Waals surface area (Å²) >= 11 is 0. The summed E-state index contributed by atoms with van der Waals surface area (Å²) in [6.07, 6.45) is 11.4. The average Bonchev–Trinajstić information content (AvgIpc) is 3.45. The number of hydrogen-bond acceptors (Lipinski definition) is 5. The van der Waals surface area contributed by atoms with Crippen molar-refractivity contribution in [2.75, 3.05) is 5.01 Å². The maximum absolute atomic E-state index is 10.7. The Kier molecular flexibility index (Phi) is 23.3. The number of aromatic nitrogens is 1. The molecular weight excluding hydrogens is 440 g/mol. The SMILES string of the molecule is CC.CC.CC.NN(/C(=C\CCC(=O)O)c1ccncc1)c1ccccc1.O=CNC1CCCC1. The van der Waals surface area contributed by atoms with Gasteiger partial charge in [-0.2, -0.15) is 0 Å². The first-order valence-electron chi connectivity index (χ1n) is 12.7. The molecule has 0 saturated heterocycles. The molecule has 1 fully saturated rings. The number of hydrazine groups is 1. The van der Waals surface area contributed by atoms with Gasteiger partial charge in [-0.15, -0.1) is 0 Å². The molecule has 3 rings (SSSR count). The Morgan fingerprint density at radius 2 is 1.57 bits per heavy atom. The molecule has 7 nitrogen and oxygen atoms in total. The van der Waals surface area contributed by atoms with Gasteiger partial charge in [0.2, 0.25) is 6.41 Å². The van der Waals surface area contributed by atoms with Crippen LogP contribution in [-0.2, 0) is 9.59 Å². The van der Waals surface area contributed by atoms with Gasteiger partial charge >= 0.3 is 5.97 Å². The van der Waals surface area contributed by atoms with Crippen molar-refractivity contribution < 1.29 is 14.7 Å². The Morgan fingerprint density at radius 3 is 2.06 bits per heavy atom. The number of para-hydroxylation sites is 1. The standard InChI is InChI=1S/C16H17N3O2.C6H11NO.3C2H6/c17-19(14-5-2-1-3-6-14)15(7-4-8-16(20)21)13-9-11-18-12-10-13;8-5-7-6-3-1-2-4-6;3*1-2/h1-3,5-7,9-12H,4,8,17H2,(H,20,21);5-6H,1-4H2,(H,7,8);3*1-2H3/b15-7-;;;;. The lowest BCUT2D eigenvalue weighted by Gasteiger charge is -2.22. The summed E-state index contributed by atoms with van der Waals surface area (Å²) < 4.78 is 0. The van der Waals surface area contributed by atoms with Gasteiger partial charge in [0, 0.05) is 30.4 Å². The summed E-state index contributed by atoms with van der Waals surface area (Å²) in [5, 5.41) is 13.1. The maximum Gasteiger partial charge on any atom is 0.303 e. The maximum atomic E-state index is 10.7. The van der Waals surface area contributed by atoms with E-state index >= 15 is 0 Å². The quantitative estimate of drug-likeness (QED) is 0.226. The molecule has 196 valence electrons. The number of carbonyl (C=O) groups is 2. The van der Waals surface area contributed by atoms with Gasteiger partial charge in [0.1, 0.15) is 0 Å². The second kappa shape index (κ2) is 24.0. The number of carboxylic acids is 1. The lowest BCUT2D eigenvalue weighted by atomic mass is 10.1. The monoisotopic (exact) mass is 486 g/mol. The second-order valence-corrected chi connectivity index (χ2v) is 6.73. The molecule has 1 aliphatic carbocycles. The molecule has 0 aliphatic heterocycles. The lowest BCUT2D eigenvalue weighted by Crippen LogP contribution is -2.29. The van der Waals surface area contributed by atoms with E-state index in [2.05, 4.69) is 10.3 Å². The highest BCUT2D eigenvalue weighted by atomic mass is 16.4. The number of carbonyl (C=O) groups excluding carboxylic acids is 1. The van der Waals surface area contributed by atoms with E-state index in [1.165, 1.54) is 25.7 Å². The summed E-state index contributed by atoms with van der Waals surface area (Å²) in [5.74, 6) is 5.36. The molecule has 4 N–H and O–H groups in total. The molecule has 0 radical (unpaired) electrons. The fourth-order valence-corrected chi connectivity index (χ4v) is 3.13. The first-order chi connectivity index (χ1) is 17.1. The molecule has 0 atom stereocenters. The van der Waals surface area contributed by atoms with Crippen LogP contribution in [0.5, 0.6) is 0 Å². The van der Waals surface area contributed by atoms with Crippen molar-refractivity contribution in [1.82, 2.24) is 10.3 Å². The van der Waals surface area contributed by atoms with Crippen molar-refractivity contribution in [2.24, 2.45) is 5.84 Å². The predicted octanol–water partition coefficient (Wildman–Crippen LogP) is 6.42. The topological polar surface area (TPSA) is 109 Å². The van der Waals surface area contributed by atoms with E-state index in [0.717, 1.165) is 23.4 Å². The predicted molar refractivity (Wildman–Crippen MR) is 148 cm³/mol. The minimum Gasteiger partial charge on any atom is -0.481 e. The Hall–Kier alpha value is -3.19. The number of nitrogens with zero attached hydrogens (tertiary/aromatic N) is 2. The Bertz CT molecular complexity index is 777. The van der Waals surface area contributed by atoms with E-state index in [9.17, 15) is 9.59 Å². The van der Waals surface area contributed by atoms with Gasteiger partial charge in [0.05, 0.1) is 11.4 Å². The molecule has 1 aliphatic rings. The number of amides is 1. The summed E-state index contributed by atoms with van der Waals surface area (Å²) in [6, 6.07) is 13.7. The first-order valence-corrected chi connectivity index (χ1v) is 12.7. The van der Waals surface area contributed by atoms with E-state index in [1.807, 2.05) is 90.1 Å². The van der Waals surface area contributed by atoms with Crippen LogP contribution in [0.2, 0.25) is 0 Å². The molecule has 1 heterocycles. The van der Waals surface area contributed by atoms with Gasteiger partial charge in [-0.25, -0.2) is 5.84 Å². The highest BCUT2D eigenvalue weighted by Gasteiger charge is 2.12. The fourth-order valence-electron chi connectivity index (χ4n) is 3.13. The van der Waals surface area contributed by atoms with Crippen LogP contribution in [-0.4, -0.2) is 28.5 Å². The van der Waals surface area contributed by atoms with E-state index in [0.29, 0.717) is 12.5 Å². The van der Waals surface area contributed by atoms with Gasteiger partial charge in [-0.3, -0.25) is 19.6 Å². The van der Waals surface area contributed by atoms with E-state index in [4.69, 9.17) is 10.9 Å². The molecule has 0 spiro atoms. The van der Waals surface area contributed by atoms with Crippen molar-refractivity contribution in [2.45, 2.75) is 86.1 Å². The van der Waals surface area contributed by atoms with Crippen molar-refractivity contribution in [3.63, 3.8) is 0 Å². The normalized spacial score (nSPS) is 12.0. The highest BCUT2D eigenvalue weighted by molar-refractivity contribution is 5.78. The number of anilines is 1.